The molecule has 0 aromatic heterocycles. The predicted octanol–water partition coefficient (Wildman–Crippen LogP) is 1.95. The molecule has 2 aromatic rings. The molecule has 2 rings (SSSR count). The summed E-state index contributed by atoms with van der Waals surface area (Å²) in [6, 6.07) is 15.1. The van der Waals surface area contributed by atoms with Gasteiger partial charge in [-0.1, -0.05) is 18.2 Å². The van der Waals surface area contributed by atoms with Gasteiger partial charge in [0.25, 0.3) is 0 Å². The summed E-state index contributed by atoms with van der Waals surface area (Å²) in [6.07, 6.45) is -0.604. The number of methoxy groups -OCH3 is 1. The summed E-state index contributed by atoms with van der Waals surface area (Å²) >= 11 is 0. The molecule has 0 fully saturated rings. The summed E-state index contributed by atoms with van der Waals surface area (Å²) in [5.74, 6) is 2.17. The van der Waals surface area contributed by atoms with Crippen molar-refractivity contribution < 1.29 is 29.2 Å². The highest BCUT2D eigenvalue weighted by Crippen LogP contribution is 2.19. The first-order valence-electron chi connectivity index (χ1n) is 9.64. The van der Waals surface area contributed by atoms with Crippen molar-refractivity contribution in [3.63, 3.8) is 0 Å². The Hall–Kier alpha value is -2.32. The van der Waals surface area contributed by atoms with Crippen LogP contribution in [0.1, 0.15) is 5.56 Å². The minimum Gasteiger partial charge on any atom is -0.497 e. The molecular weight excluding hydrogens is 374 g/mol. The third kappa shape index (κ3) is 9.15. The zero-order chi connectivity index (χ0) is 20.9. The largest absolute Gasteiger partial charge is 0.497 e. The number of aliphatic hydroxyl groups is 2. The van der Waals surface area contributed by atoms with E-state index in [0.717, 1.165) is 17.1 Å². The monoisotopic (exact) mass is 405 g/mol. The molecule has 0 aliphatic carbocycles. The van der Waals surface area contributed by atoms with Crippen molar-refractivity contribution in [1.82, 2.24) is 4.90 Å². The minimum atomic E-state index is -0.604. The molecular formula is C22H31NO6. The smallest absolute Gasteiger partial charge is 0.123 e. The van der Waals surface area contributed by atoms with E-state index in [1.165, 1.54) is 0 Å². The molecule has 0 aliphatic rings. The van der Waals surface area contributed by atoms with Crippen molar-refractivity contribution in [3.8, 4) is 17.2 Å². The summed E-state index contributed by atoms with van der Waals surface area (Å²) in [5, 5.41) is 18.9. The van der Waals surface area contributed by atoms with E-state index in [4.69, 9.17) is 24.1 Å². The van der Waals surface area contributed by atoms with Crippen molar-refractivity contribution in [2.75, 3.05) is 53.7 Å². The molecule has 7 heteroatoms. The molecule has 0 heterocycles. The van der Waals surface area contributed by atoms with Gasteiger partial charge in [0, 0.05) is 19.2 Å². The summed E-state index contributed by atoms with van der Waals surface area (Å²) in [4.78, 5) is 2.04. The van der Waals surface area contributed by atoms with Gasteiger partial charge < -0.3 is 29.2 Å². The van der Waals surface area contributed by atoms with E-state index in [9.17, 15) is 5.11 Å². The van der Waals surface area contributed by atoms with Gasteiger partial charge in [-0.05, 0) is 36.9 Å². The third-order valence-corrected chi connectivity index (χ3v) is 4.11. The van der Waals surface area contributed by atoms with Gasteiger partial charge in [0.15, 0.2) is 0 Å². The average Bonchev–Trinajstić information content (AvgIpc) is 2.73. The van der Waals surface area contributed by atoms with Crippen LogP contribution in [0.25, 0.3) is 0 Å². The first-order chi connectivity index (χ1) is 14.1. The summed E-state index contributed by atoms with van der Waals surface area (Å²) in [7, 11) is 3.56. The Balaban J connectivity index is 1.68. The first-order valence-corrected chi connectivity index (χ1v) is 9.64. The van der Waals surface area contributed by atoms with Gasteiger partial charge in [-0.2, -0.15) is 0 Å². The summed E-state index contributed by atoms with van der Waals surface area (Å²) in [6.45, 7) is 2.64. The maximum Gasteiger partial charge on any atom is 0.123 e. The lowest BCUT2D eigenvalue weighted by Gasteiger charge is -2.21. The fourth-order valence-electron chi connectivity index (χ4n) is 2.75. The van der Waals surface area contributed by atoms with Crippen molar-refractivity contribution in [1.29, 1.82) is 0 Å². The quantitative estimate of drug-likeness (QED) is 0.465. The molecule has 2 N–H and O–H groups in total. The fraction of sp³-hybridized carbons (Fsp3) is 0.455. The number of hydrogen-bond acceptors (Lipinski definition) is 7. The predicted molar refractivity (Wildman–Crippen MR) is 111 cm³/mol. The van der Waals surface area contributed by atoms with Gasteiger partial charge in [0.05, 0.1) is 26.9 Å². The lowest BCUT2D eigenvalue weighted by atomic mass is 10.2. The second-order valence-corrected chi connectivity index (χ2v) is 6.67. The van der Waals surface area contributed by atoms with E-state index >= 15 is 0 Å². The number of ether oxygens (including phenoxy) is 4. The number of aliphatic hydroxyl groups excluding tert-OH is 2. The topological polar surface area (TPSA) is 80.6 Å². The molecule has 7 nitrogen and oxygen atoms in total. The Labute approximate surface area is 172 Å². The van der Waals surface area contributed by atoms with Crippen LogP contribution in [0.4, 0.5) is 0 Å². The second-order valence-electron chi connectivity index (χ2n) is 6.67. The maximum absolute atomic E-state index is 10.2. The Morgan fingerprint density at radius 3 is 2.41 bits per heavy atom. The van der Waals surface area contributed by atoms with Crippen LogP contribution in [0.3, 0.4) is 0 Å². The molecule has 0 radical (unpaired) electrons. The third-order valence-electron chi connectivity index (χ3n) is 4.11. The zero-order valence-electron chi connectivity index (χ0n) is 17.1. The Morgan fingerprint density at radius 2 is 1.69 bits per heavy atom. The molecule has 1 atom stereocenters. The maximum atomic E-state index is 10.2. The highest BCUT2D eigenvalue weighted by Gasteiger charge is 2.10. The molecule has 29 heavy (non-hydrogen) atoms. The number of likely N-dealkylation sites (N-methyl/N-ethyl adjacent to an activating group) is 1. The van der Waals surface area contributed by atoms with Gasteiger partial charge in [-0.25, -0.2) is 0 Å². The second kappa shape index (κ2) is 13.0. The Morgan fingerprint density at radius 1 is 0.931 bits per heavy atom. The van der Waals surface area contributed by atoms with Crippen LogP contribution in [-0.2, 0) is 11.3 Å². The zero-order valence-corrected chi connectivity index (χ0v) is 17.1. The van der Waals surface area contributed by atoms with Gasteiger partial charge in [-0.3, -0.25) is 4.90 Å². The summed E-state index contributed by atoms with van der Waals surface area (Å²) < 4.78 is 21.5. The van der Waals surface area contributed by atoms with Crippen LogP contribution in [0.15, 0.2) is 48.5 Å². The van der Waals surface area contributed by atoms with Gasteiger partial charge in [0.1, 0.15) is 36.6 Å². The highest BCUT2D eigenvalue weighted by atomic mass is 16.5. The average molecular weight is 405 g/mol. The molecule has 0 amide bonds. The van der Waals surface area contributed by atoms with Crippen molar-refractivity contribution in [3.05, 3.63) is 54.1 Å². The van der Waals surface area contributed by atoms with Gasteiger partial charge in [-0.15, -0.1) is 0 Å². The van der Waals surface area contributed by atoms with E-state index in [1.54, 1.807) is 13.2 Å². The molecule has 2 aromatic carbocycles. The van der Waals surface area contributed by atoms with Crippen LogP contribution in [0.5, 0.6) is 17.2 Å². The lowest BCUT2D eigenvalue weighted by molar-refractivity contribution is 0.0704. The van der Waals surface area contributed by atoms with Crippen molar-refractivity contribution in [2.45, 2.75) is 12.6 Å². The first kappa shape index (κ1) is 23.0. The van der Waals surface area contributed by atoms with E-state index in [2.05, 4.69) is 0 Å². The van der Waals surface area contributed by atoms with Crippen molar-refractivity contribution >= 4 is 0 Å². The number of rotatable bonds is 14. The lowest BCUT2D eigenvalue weighted by Crippen LogP contribution is -2.32. The standard InChI is InChI=1S/C22H31NO6/c1-23(16-19(25)17-29-22-5-3-4-21(14-22)26-2)15-18-6-8-20(9-7-18)28-13-12-27-11-10-24/h3-9,14,19,24-25H,10-13,15-17H2,1-2H3. The molecule has 160 valence electrons. The van der Waals surface area contributed by atoms with Crippen LogP contribution < -0.4 is 14.2 Å². The van der Waals surface area contributed by atoms with Gasteiger partial charge >= 0.3 is 0 Å². The fourth-order valence-corrected chi connectivity index (χ4v) is 2.75. The van der Waals surface area contributed by atoms with E-state index in [0.29, 0.717) is 38.7 Å². The van der Waals surface area contributed by atoms with Crippen LogP contribution >= 0.6 is 0 Å². The number of benzene rings is 2. The van der Waals surface area contributed by atoms with Crippen LogP contribution in [0, 0.1) is 0 Å². The molecule has 0 aliphatic heterocycles. The van der Waals surface area contributed by atoms with E-state index < -0.39 is 6.10 Å². The Bertz CT molecular complexity index is 694. The van der Waals surface area contributed by atoms with Gasteiger partial charge in [0.2, 0.25) is 0 Å². The molecule has 0 bridgehead atoms. The Kier molecular flexibility index (Phi) is 10.3. The molecule has 0 saturated heterocycles. The van der Waals surface area contributed by atoms with Crippen molar-refractivity contribution in [2.24, 2.45) is 0 Å². The van der Waals surface area contributed by atoms with E-state index in [1.807, 2.05) is 54.4 Å². The van der Waals surface area contributed by atoms with E-state index in [-0.39, 0.29) is 13.2 Å². The number of nitrogens with zero attached hydrogens (tertiary/aromatic N) is 1. The van der Waals surface area contributed by atoms with Crippen LogP contribution in [-0.4, -0.2) is 75.0 Å². The molecule has 1 unspecified atom stereocenters. The summed E-state index contributed by atoms with van der Waals surface area (Å²) in [5.41, 5.74) is 1.12. The minimum absolute atomic E-state index is 0.0179. The highest BCUT2D eigenvalue weighted by molar-refractivity contribution is 5.32. The molecule has 0 saturated carbocycles. The SMILES string of the molecule is COc1cccc(OCC(O)CN(C)Cc2ccc(OCCOCCO)cc2)c1. The normalized spacial score (nSPS) is 12.0. The number of hydrogen-bond donors (Lipinski definition) is 2. The van der Waals surface area contributed by atoms with Crippen LogP contribution in [0.2, 0.25) is 0 Å². The molecule has 0 spiro atoms.